The van der Waals surface area contributed by atoms with Crippen LogP contribution in [0, 0.1) is 0 Å². The van der Waals surface area contributed by atoms with Crippen LogP contribution in [0.1, 0.15) is 11.8 Å². The van der Waals surface area contributed by atoms with E-state index in [0.717, 1.165) is 48.9 Å². The molecule has 0 amide bonds. The molecule has 1 N–H and O–H groups in total. The molecule has 3 heterocycles. The summed E-state index contributed by atoms with van der Waals surface area (Å²) < 4.78 is 28.4. The van der Waals surface area contributed by atoms with Gasteiger partial charge in [0.1, 0.15) is 4.21 Å². The third-order valence-electron chi connectivity index (χ3n) is 5.14. The van der Waals surface area contributed by atoms with Crippen molar-refractivity contribution in [3.63, 3.8) is 0 Å². The smallest absolute Gasteiger partial charge is 0.271 e. The fourth-order valence-electron chi connectivity index (χ4n) is 3.32. The van der Waals surface area contributed by atoms with Crippen LogP contribution in [0.5, 0.6) is 0 Å². The Morgan fingerprint density at radius 1 is 1.03 bits per heavy atom. The third kappa shape index (κ3) is 4.63. The molecule has 0 radical (unpaired) electrons. The number of anilines is 2. The zero-order valence-electron chi connectivity index (χ0n) is 17.1. The van der Waals surface area contributed by atoms with Crippen molar-refractivity contribution in [3.8, 4) is 11.3 Å². The summed E-state index contributed by atoms with van der Waals surface area (Å²) in [5.74, 6) is 0.869. The molecule has 0 aliphatic carbocycles. The van der Waals surface area contributed by atoms with Gasteiger partial charge in [-0.15, -0.1) is 21.5 Å². The highest BCUT2D eigenvalue weighted by Crippen LogP contribution is 2.27. The highest BCUT2D eigenvalue weighted by molar-refractivity contribution is 7.94. The zero-order chi connectivity index (χ0) is 21.1. The lowest BCUT2D eigenvalue weighted by Gasteiger charge is -2.32. The second kappa shape index (κ2) is 8.71. The van der Waals surface area contributed by atoms with Gasteiger partial charge in [-0.25, -0.2) is 8.42 Å². The monoisotopic (exact) mass is 443 g/mol. The Kier molecular flexibility index (Phi) is 6.03. The number of rotatable bonds is 6. The number of nitrogens with zero attached hydrogens (tertiary/aromatic N) is 4. The van der Waals surface area contributed by atoms with Crippen molar-refractivity contribution in [1.82, 2.24) is 15.1 Å². The van der Waals surface area contributed by atoms with Gasteiger partial charge in [0, 0.05) is 42.3 Å². The molecule has 0 unspecified atom stereocenters. The van der Waals surface area contributed by atoms with E-state index in [1.807, 2.05) is 37.3 Å². The van der Waals surface area contributed by atoms with Crippen LogP contribution >= 0.6 is 11.3 Å². The molecule has 9 heteroatoms. The highest BCUT2D eigenvalue weighted by atomic mass is 32.2. The number of benzene rings is 1. The summed E-state index contributed by atoms with van der Waals surface area (Å²) in [4.78, 5) is 5.57. The summed E-state index contributed by atoms with van der Waals surface area (Å²) in [5.41, 5.74) is 2.02. The Balaban J connectivity index is 1.50. The van der Waals surface area contributed by atoms with E-state index in [9.17, 15) is 8.42 Å². The molecule has 1 aromatic carbocycles. The summed E-state index contributed by atoms with van der Waals surface area (Å²) in [5, 5.41) is 8.76. The topological polar surface area (TPSA) is 78.4 Å². The Morgan fingerprint density at radius 2 is 1.83 bits per heavy atom. The predicted molar refractivity (Wildman–Crippen MR) is 122 cm³/mol. The Labute approximate surface area is 181 Å². The van der Waals surface area contributed by atoms with Crippen molar-refractivity contribution < 1.29 is 8.42 Å². The number of thiophene rings is 1. The van der Waals surface area contributed by atoms with Crippen LogP contribution in [0.25, 0.3) is 11.3 Å². The molecule has 3 aromatic rings. The second-order valence-corrected chi connectivity index (χ2v) is 10.4. The number of hydrogen-bond acceptors (Lipinski definition) is 7. The van der Waals surface area contributed by atoms with Crippen LogP contribution in [-0.4, -0.2) is 56.7 Å². The fourth-order valence-corrected chi connectivity index (χ4v) is 5.67. The molecule has 1 aliphatic rings. The number of piperazine rings is 1. The molecule has 1 saturated heterocycles. The van der Waals surface area contributed by atoms with E-state index >= 15 is 0 Å². The third-order valence-corrected chi connectivity index (χ3v) is 8.24. The first-order chi connectivity index (χ1) is 14.4. The van der Waals surface area contributed by atoms with Crippen molar-refractivity contribution in [1.29, 1.82) is 0 Å². The maximum absolute atomic E-state index is 12.7. The van der Waals surface area contributed by atoms with E-state index in [1.165, 1.54) is 11.3 Å². The van der Waals surface area contributed by atoms with Gasteiger partial charge in [0.2, 0.25) is 0 Å². The van der Waals surface area contributed by atoms with E-state index in [-0.39, 0.29) is 0 Å². The molecule has 1 fully saturated rings. The van der Waals surface area contributed by atoms with E-state index in [2.05, 4.69) is 31.8 Å². The van der Waals surface area contributed by atoms with Gasteiger partial charge in [-0.05, 0) is 49.9 Å². The van der Waals surface area contributed by atoms with Crippen molar-refractivity contribution in [3.05, 3.63) is 53.4 Å². The van der Waals surface area contributed by atoms with Gasteiger partial charge in [-0.3, -0.25) is 4.72 Å². The average molecular weight is 444 g/mol. The van der Waals surface area contributed by atoms with Crippen molar-refractivity contribution in [2.24, 2.45) is 0 Å². The van der Waals surface area contributed by atoms with Crippen molar-refractivity contribution in [2.75, 3.05) is 42.8 Å². The summed E-state index contributed by atoms with van der Waals surface area (Å²) >= 11 is 1.29. The van der Waals surface area contributed by atoms with E-state index < -0.39 is 10.0 Å². The van der Waals surface area contributed by atoms with Crippen molar-refractivity contribution >= 4 is 32.9 Å². The number of hydrogen-bond donors (Lipinski definition) is 1. The lowest BCUT2D eigenvalue weighted by Crippen LogP contribution is -2.44. The number of nitrogens with one attached hydrogen (secondary N) is 1. The van der Waals surface area contributed by atoms with Gasteiger partial charge in [0.25, 0.3) is 10.0 Å². The average Bonchev–Trinajstić information content (AvgIpc) is 3.25. The predicted octanol–water partition coefficient (Wildman–Crippen LogP) is 3.32. The van der Waals surface area contributed by atoms with E-state index in [4.69, 9.17) is 0 Å². The van der Waals surface area contributed by atoms with Crippen LogP contribution in [0.3, 0.4) is 0 Å². The second-order valence-electron chi connectivity index (χ2n) is 7.33. The standard InChI is InChI=1S/C21H25N5O2S2/c1-3-18-7-10-21(29-18)30(27,28)24-17-6-4-5-16(15-17)19-8-9-20(23-22-19)26-13-11-25(2)12-14-26/h4-10,15,24H,3,11-14H2,1-2H3. The summed E-state index contributed by atoms with van der Waals surface area (Å²) in [6, 6.07) is 14.6. The van der Waals surface area contributed by atoms with E-state index in [0.29, 0.717) is 15.6 Å². The highest BCUT2D eigenvalue weighted by Gasteiger charge is 2.18. The normalized spacial score (nSPS) is 15.3. The van der Waals surface area contributed by atoms with Crippen LogP contribution in [0.15, 0.2) is 52.7 Å². The molecule has 1 aliphatic heterocycles. The molecule has 0 saturated carbocycles. The Morgan fingerprint density at radius 3 is 2.50 bits per heavy atom. The number of aromatic nitrogens is 2. The maximum Gasteiger partial charge on any atom is 0.271 e. The number of likely N-dealkylation sites (N-methyl/N-ethyl adjacent to an activating group) is 1. The largest absolute Gasteiger partial charge is 0.353 e. The molecule has 2 aromatic heterocycles. The summed E-state index contributed by atoms with van der Waals surface area (Å²) in [6.45, 7) is 5.90. The molecule has 0 bridgehead atoms. The minimum Gasteiger partial charge on any atom is -0.353 e. The van der Waals surface area contributed by atoms with Gasteiger partial charge >= 0.3 is 0 Å². The molecule has 4 rings (SSSR count). The zero-order valence-corrected chi connectivity index (χ0v) is 18.7. The van der Waals surface area contributed by atoms with Crippen LogP contribution < -0.4 is 9.62 Å². The Hall–Kier alpha value is -2.49. The van der Waals surface area contributed by atoms with Crippen molar-refractivity contribution in [2.45, 2.75) is 17.6 Å². The summed E-state index contributed by atoms with van der Waals surface area (Å²) in [7, 11) is -1.49. The van der Waals surface area contributed by atoms with Gasteiger partial charge < -0.3 is 9.80 Å². The minimum absolute atomic E-state index is 0.320. The van der Waals surface area contributed by atoms with Crippen LogP contribution in [-0.2, 0) is 16.4 Å². The fraction of sp³-hybridized carbons (Fsp3) is 0.333. The molecule has 30 heavy (non-hydrogen) atoms. The van der Waals surface area contributed by atoms with E-state index in [1.54, 1.807) is 18.2 Å². The van der Waals surface area contributed by atoms with Gasteiger partial charge in [0.15, 0.2) is 5.82 Å². The first-order valence-electron chi connectivity index (χ1n) is 9.94. The molecular formula is C21H25N5O2S2. The van der Waals surface area contributed by atoms with Gasteiger partial charge in [-0.2, -0.15) is 0 Å². The maximum atomic E-state index is 12.7. The molecule has 0 spiro atoms. The van der Waals surface area contributed by atoms with Crippen LogP contribution in [0.2, 0.25) is 0 Å². The molecule has 7 nitrogen and oxygen atoms in total. The number of aryl methyl sites for hydroxylation is 1. The van der Waals surface area contributed by atoms with Gasteiger partial charge in [-0.1, -0.05) is 19.1 Å². The van der Waals surface area contributed by atoms with Gasteiger partial charge in [0.05, 0.1) is 5.69 Å². The lowest BCUT2D eigenvalue weighted by molar-refractivity contribution is 0.312. The SMILES string of the molecule is CCc1ccc(S(=O)(=O)Nc2cccc(-c3ccc(N4CCN(C)CC4)nn3)c2)s1. The number of sulfonamides is 1. The first-order valence-corrected chi connectivity index (χ1v) is 12.2. The molecular weight excluding hydrogens is 418 g/mol. The first kappa shape index (κ1) is 20.8. The summed E-state index contributed by atoms with van der Waals surface area (Å²) in [6.07, 6.45) is 0.818. The minimum atomic E-state index is -3.61. The quantitative estimate of drug-likeness (QED) is 0.630. The lowest BCUT2D eigenvalue weighted by atomic mass is 10.1. The molecule has 0 atom stereocenters. The molecule has 158 valence electrons. The Bertz CT molecular complexity index is 1100. The van der Waals surface area contributed by atoms with Crippen LogP contribution in [0.4, 0.5) is 11.5 Å².